The van der Waals surface area contributed by atoms with Crippen LogP contribution < -0.4 is 10.3 Å². The van der Waals surface area contributed by atoms with Crippen molar-refractivity contribution in [2.75, 3.05) is 21.2 Å². The standard InChI is InChI=1S/C12H17N3O/c1-9-6-5-7-11(16-4)12(9)10-8-14(2)13-15(10)3/h5-8,13H,1-4H3. The summed E-state index contributed by atoms with van der Waals surface area (Å²) in [6.45, 7) is 2.09. The van der Waals surface area contributed by atoms with Crippen molar-refractivity contribution in [3.05, 3.63) is 35.5 Å². The van der Waals surface area contributed by atoms with Crippen LogP contribution in [0.3, 0.4) is 0 Å². The monoisotopic (exact) mass is 219 g/mol. The molecule has 1 aliphatic rings. The smallest absolute Gasteiger partial charge is 0.128 e. The maximum atomic E-state index is 5.41. The van der Waals surface area contributed by atoms with Crippen LogP contribution in [0.25, 0.3) is 5.70 Å². The number of ether oxygens (including phenoxy) is 1. The average Bonchev–Trinajstić information content (AvgIpc) is 2.57. The number of hydrazine groups is 2. The largest absolute Gasteiger partial charge is 0.496 e. The summed E-state index contributed by atoms with van der Waals surface area (Å²) < 4.78 is 5.41. The molecule has 0 aromatic heterocycles. The highest BCUT2D eigenvalue weighted by molar-refractivity contribution is 5.72. The third-order valence-electron chi connectivity index (χ3n) is 2.70. The number of nitrogens with one attached hydrogen (secondary N) is 1. The molecular weight excluding hydrogens is 202 g/mol. The van der Waals surface area contributed by atoms with Crippen molar-refractivity contribution in [2.45, 2.75) is 6.92 Å². The maximum absolute atomic E-state index is 5.41. The molecule has 0 spiro atoms. The summed E-state index contributed by atoms with van der Waals surface area (Å²) >= 11 is 0. The zero-order valence-electron chi connectivity index (χ0n) is 10.1. The summed E-state index contributed by atoms with van der Waals surface area (Å²) in [7, 11) is 5.65. The molecule has 0 fully saturated rings. The molecule has 0 amide bonds. The van der Waals surface area contributed by atoms with Crippen molar-refractivity contribution in [3.63, 3.8) is 0 Å². The molecule has 1 aliphatic heterocycles. The number of nitrogens with zero attached hydrogens (tertiary/aromatic N) is 2. The van der Waals surface area contributed by atoms with Crippen LogP contribution in [0, 0.1) is 6.92 Å². The fourth-order valence-corrected chi connectivity index (χ4v) is 1.96. The molecule has 0 bridgehead atoms. The zero-order valence-corrected chi connectivity index (χ0v) is 10.1. The number of benzene rings is 1. The van der Waals surface area contributed by atoms with Crippen LogP contribution in [0.2, 0.25) is 0 Å². The molecule has 4 nitrogen and oxygen atoms in total. The Bertz CT molecular complexity index is 428. The molecule has 0 aliphatic carbocycles. The first-order chi connectivity index (χ1) is 7.63. The van der Waals surface area contributed by atoms with E-state index in [1.807, 2.05) is 42.4 Å². The quantitative estimate of drug-likeness (QED) is 0.817. The van der Waals surface area contributed by atoms with E-state index in [-0.39, 0.29) is 0 Å². The minimum absolute atomic E-state index is 0.898. The van der Waals surface area contributed by atoms with Crippen molar-refractivity contribution < 1.29 is 4.74 Å². The molecule has 1 aromatic carbocycles. The molecule has 86 valence electrons. The lowest BCUT2D eigenvalue weighted by Gasteiger charge is -2.20. The van der Waals surface area contributed by atoms with E-state index in [0.29, 0.717) is 0 Å². The predicted octanol–water partition coefficient (Wildman–Crippen LogP) is 1.60. The van der Waals surface area contributed by atoms with Crippen LogP contribution >= 0.6 is 0 Å². The number of hydrogen-bond donors (Lipinski definition) is 1. The van der Waals surface area contributed by atoms with Crippen LogP contribution in [0.5, 0.6) is 5.75 Å². The number of hydrogen-bond acceptors (Lipinski definition) is 4. The second-order valence-electron chi connectivity index (χ2n) is 3.94. The lowest BCUT2D eigenvalue weighted by atomic mass is 10.0. The minimum atomic E-state index is 0.898. The van der Waals surface area contributed by atoms with Crippen molar-refractivity contribution in [3.8, 4) is 5.75 Å². The second-order valence-corrected chi connectivity index (χ2v) is 3.94. The fraction of sp³-hybridized carbons (Fsp3) is 0.333. The Balaban J connectivity index is 2.51. The Morgan fingerprint density at radius 1 is 1.25 bits per heavy atom. The molecule has 1 aromatic rings. The van der Waals surface area contributed by atoms with Gasteiger partial charge in [-0.25, -0.2) is 0 Å². The summed E-state index contributed by atoms with van der Waals surface area (Å²) in [5.74, 6) is 0.898. The van der Waals surface area contributed by atoms with Crippen LogP contribution in [-0.4, -0.2) is 31.2 Å². The van der Waals surface area contributed by atoms with Gasteiger partial charge in [0, 0.05) is 25.9 Å². The summed E-state index contributed by atoms with van der Waals surface area (Å²) in [6.07, 6.45) is 2.05. The molecule has 0 unspecified atom stereocenters. The van der Waals surface area contributed by atoms with E-state index in [4.69, 9.17) is 4.74 Å². The van der Waals surface area contributed by atoms with Crippen LogP contribution in [0.4, 0.5) is 0 Å². The molecule has 1 heterocycles. The van der Waals surface area contributed by atoms with Gasteiger partial charge in [-0.05, 0) is 18.6 Å². The Kier molecular flexibility index (Phi) is 2.75. The van der Waals surface area contributed by atoms with Crippen LogP contribution in [-0.2, 0) is 0 Å². The third-order valence-corrected chi connectivity index (χ3v) is 2.70. The highest BCUT2D eigenvalue weighted by Gasteiger charge is 2.20. The molecule has 0 saturated heterocycles. The Labute approximate surface area is 96.0 Å². The van der Waals surface area contributed by atoms with Crippen LogP contribution in [0.15, 0.2) is 24.4 Å². The van der Waals surface area contributed by atoms with E-state index in [9.17, 15) is 0 Å². The first kappa shape index (κ1) is 10.8. The Morgan fingerprint density at radius 2 is 2.00 bits per heavy atom. The lowest BCUT2D eigenvalue weighted by Crippen LogP contribution is -2.35. The molecule has 0 saturated carbocycles. The van der Waals surface area contributed by atoms with Gasteiger partial charge >= 0.3 is 0 Å². The summed E-state index contributed by atoms with van der Waals surface area (Å²) in [4.78, 5) is 0. The first-order valence-corrected chi connectivity index (χ1v) is 5.22. The number of aryl methyl sites for hydroxylation is 1. The van der Waals surface area contributed by atoms with Gasteiger partial charge in [-0.15, -0.1) is 5.53 Å². The van der Waals surface area contributed by atoms with Crippen molar-refractivity contribution in [1.29, 1.82) is 0 Å². The summed E-state index contributed by atoms with van der Waals surface area (Å²) in [6, 6.07) is 6.07. The molecular formula is C12H17N3O. The second kappa shape index (κ2) is 4.06. The van der Waals surface area contributed by atoms with E-state index >= 15 is 0 Å². The van der Waals surface area contributed by atoms with Crippen molar-refractivity contribution in [1.82, 2.24) is 15.6 Å². The van der Waals surface area contributed by atoms with Crippen LogP contribution in [0.1, 0.15) is 11.1 Å². The molecule has 0 atom stereocenters. The highest BCUT2D eigenvalue weighted by Crippen LogP contribution is 2.31. The normalized spacial score (nSPS) is 15.4. The van der Waals surface area contributed by atoms with Gasteiger partial charge in [0.15, 0.2) is 0 Å². The van der Waals surface area contributed by atoms with E-state index in [2.05, 4.69) is 18.5 Å². The average molecular weight is 219 g/mol. The van der Waals surface area contributed by atoms with Gasteiger partial charge in [-0.1, -0.05) is 12.1 Å². The van der Waals surface area contributed by atoms with Gasteiger partial charge in [0.1, 0.15) is 5.75 Å². The molecule has 0 radical (unpaired) electrons. The maximum Gasteiger partial charge on any atom is 0.128 e. The highest BCUT2D eigenvalue weighted by atomic mass is 16.5. The number of rotatable bonds is 2. The molecule has 4 heteroatoms. The van der Waals surface area contributed by atoms with E-state index < -0.39 is 0 Å². The fourth-order valence-electron chi connectivity index (χ4n) is 1.96. The lowest BCUT2D eigenvalue weighted by molar-refractivity contribution is 0.199. The zero-order chi connectivity index (χ0) is 11.7. The topological polar surface area (TPSA) is 27.7 Å². The SMILES string of the molecule is COc1cccc(C)c1C1=CN(C)NN1C. The van der Waals surface area contributed by atoms with E-state index in [0.717, 1.165) is 17.0 Å². The first-order valence-electron chi connectivity index (χ1n) is 5.22. The van der Waals surface area contributed by atoms with E-state index in [1.165, 1.54) is 5.56 Å². The van der Waals surface area contributed by atoms with Gasteiger partial charge in [-0.3, -0.25) is 10.0 Å². The van der Waals surface area contributed by atoms with Crippen molar-refractivity contribution in [2.24, 2.45) is 0 Å². The van der Waals surface area contributed by atoms with Gasteiger partial charge < -0.3 is 4.74 Å². The third kappa shape index (κ3) is 1.72. The summed E-state index contributed by atoms with van der Waals surface area (Å²) in [5.41, 5.74) is 6.60. The molecule has 16 heavy (non-hydrogen) atoms. The van der Waals surface area contributed by atoms with Gasteiger partial charge in [0.2, 0.25) is 0 Å². The number of methoxy groups -OCH3 is 1. The Morgan fingerprint density at radius 3 is 2.56 bits per heavy atom. The minimum Gasteiger partial charge on any atom is -0.496 e. The van der Waals surface area contributed by atoms with Gasteiger partial charge in [-0.2, -0.15) is 0 Å². The molecule has 2 rings (SSSR count). The van der Waals surface area contributed by atoms with Crippen molar-refractivity contribution >= 4 is 5.70 Å². The van der Waals surface area contributed by atoms with Gasteiger partial charge in [0.25, 0.3) is 0 Å². The van der Waals surface area contributed by atoms with Gasteiger partial charge in [0.05, 0.1) is 12.8 Å². The molecule has 1 N–H and O–H groups in total. The summed E-state index contributed by atoms with van der Waals surface area (Å²) in [5, 5.41) is 3.89. The van der Waals surface area contributed by atoms with E-state index in [1.54, 1.807) is 7.11 Å². The Hall–Kier alpha value is -1.68. The predicted molar refractivity (Wildman–Crippen MR) is 64.4 cm³/mol.